The van der Waals surface area contributed by atoms with Crippen LogP contribution in [0.1, 0.15) is 17.0 Å². The molecule has 4 rings (SSSR count). The van der Waals surface area contributed by atoms with Gasteiger partial charge in [-0.05, 0) is 48.9 Å². The molecule has 0 saturated heterocycles. The molecular formula is C24H18N4O6S. The lowest BCUT2D eigenvalue weighted by molar-refractivity contribution is -0.385. The van der Waals surface area contributed by atoms with Crippen molar-refractivity contribution in [2.24, 2.45) is 0 Å². The number of fused-ring (bicyclic) bond motifs is 1. The molecule has 0 saturated carbocycles. The molecule has 0 aliphatic heterocycles. The Morgan fingerprint density at radius 1 is 1.14 bits per heavy atom. The molecule has 0 unspecified atom stereocenters. The van der Waals surface area contributed by atoms with Crippen molar-refractivity contribution in [3.63, 3.8) is 0 Å². The molecule has 10 nitrogen and oxygen atoms in total. The zero-order valence-corrected chi connectivity index (χ0v) is 19.4. The van der Waals surface area contributed by atoms with Gasteiger partial charge in [0.1, 0.15) is 16.8 Å². The monoisotopic (exact) mass is 490 g/mol. The van der Waals surface area contributed by atoms with Crippen LogP contribution in [0.25, 0.3) is 22.7 Å². The number of aromatic nitrogens is 2. The van der Waals surface area contributed by atoms with Gasteiger partial charge in [-0.25, -0.2) is 4.98 Å². The molecule has 0 bridgehead atoms. The zero-order valence-electron chi connectivity index (χ0n) is 18.6. The van der Waals surface area contributed by atoms with Crippen molar-refractivity contribution in [3.05, 3.63) is 87.7 Å². The summed E-state index contributed by atoms with van der Waals surface area (Å²) in [4.78, 5) is 17.7. The number of nitrogens with zero attached hydrogens (tertiary/aromatic N) is 3. The van der Waals surface area contributed by atoms with Crippen LogP contribution in [0.2, 0.25) is 0 Å². The number of allylic oxidation sites excluding steroid dienone is 1. The number of nitriles is 1. The highest BCUT2D eigenvalue weighted by molar-refractivity contribution is 7.87. The van der Waals surface area contributed by atoms with Crippen LogP contribution in [0.15, 0.2) is 65.6 Å². The van der Waals surface area contributed by atoms with E-state index in [4.69, 9.17) is 8.92 Å². The van der Waals surface area contributed by atoms with Gasteiger partial charge in [-0.3, -0.25) is 10.1 Å². The number of benzene rings is 3. The first-order valence-electron chi connectivity index (χ1n) is 10.2. The predicted octanol–water partition coefficient (Wildman–Crippen LogP) is 4.62. The summed E-state index contributed by atoms with van der Waals surface area (Å²) in [7, 11) is -3.05. The molecule has 35 heavy (non-hydrogen) atoms. The molecule has 0 aliphatic rings. The van der Waals surface area contributed by atoms with Crippen molar-refractivity contribution in [3.8, 4) is 17.6 Å². The normalized spacial score (nSPS) is 11.7. The van der Waals surface area contributed by atoms with Crippen molar-refractivity contribution < 1.29 is 22.3 Å². The van der Waals surface area contributed by atoms with Gasteiger partial charge in [0.05, 0.1) is 28.6 Å². The number of rotatable bonds is 7. The van der Waals surface area contributed by atoms with Gasteiger partial charge in [-0.2, -0.15) is 13.7 Å². The summed E-state index contributed by atoms with van der Waals surface area (Å²) in [5.74, 6) is 0.359. The third-order valence-corrected chi connectivity index (χ3v) is 6.36. The standard InChI is InChI=1S/C24H18N4O6S/c1-15-7-9-18(13-21(15)28(29)30)35(31,32)34-22-10-8-16(12-23(22)33-2)11-17(14-25)24-26-19-5-3-4-6-20(19)27-24/h3-13H,1-2H3,(H,26,27)/b17-11-. The third kappa shape index (κ3) is 4.83. The fourth-order valence-electron chi connectivity index (χ4n) is 3.35. The van der Waals surface area contributed by atoms with Gasteiger partial charge in [0.25, 0.3) is 5.69 Å². The van der Waals surface area contributed by atoms with Crippen molar-refractivity contribution in [2.75, 3.05) is 7.11 Å². The Labute approximate surface area is 200 Å². The second kappa shape index (κ2) is 9.28. The second-order valence-electron chi connectivity index (χ2n) is 7.43. The summed E-state index contributed by atoms with van der Waals surface area (Å²) in [5.41, 5.74) is 2.28. The van der Waals surface area contributed by atoms with Crippen LogP contribution in [-0.4, -0.2) is 30.4 Å². The summed E-state index contributed by atoms with van der Waals surface area (Å²) >= 11 is 0. The van der Waals surface area contributed by atoms with Gasteiger partial charge in [0, 0.05) is 11.6 Å². The maximum atomic E-state index is 12.8. The number of aryl methyl sites for hydroxylation is 1. The maximum absolute atomic E-state index is 12.8. The molecule has 1 aromatic heterocycles. The fourth-order valence-corrected chi connectivity index (χ4v) is 4.31. The highest BCUT2D eigenvalue weighted by atomic mass is 32.2. The highest BCUT2D eigenvalue weighted by Crippen LogP contribution is 2.33. The molecule has 176 valence electrons. The minimum absolute atomic E-state index is 0.0887. The maximum Gasteiger partial charge on any atom is 0.339 e. The van der Waals surface area contributed by atoms with E-state index in [2.05, 4.69) is 16.0 Å². The van der Waals surface area contributed by atoms with E-state index in [-0.39, 0.29) is 27.7 Å². The van der Waals surface area contributed by atoms with Gasteiger partial charge in [-0.1, -0.05) is 24.3 Å². The fraction of sp³-hybridized carbons (Fsp3) is 0.0833. The number of imidazole rings is 1. The molecule has 0 atom stereocenters. The lowest BCUT2D eigenvalue weighted by atomic mass is 10.1. The number of hydrogen-bond donors (Lipinski definition) is 1. The van der Waals surface area contributed by atoms with Gasteiger partial charge < -0.3 is 13.9 Å². The Balaban J connectivity index is 1.66. The lowest BCUT2D eigenvalue weighted by Crippen LogP contribution is -2.11. The van der Waals surface area contributed by atoms with Gasteiger partial charge in [0.2, 0.25) is 0 Å². The van der Waals surface area contributed by atoms with Crippen molar-refractivity contribution in [1.82, 2.24) is 9.97 Å². The number of ether oxygens (including phenoxy) is 1. The van der Waals surface area contributed by atoms with Crippen molar-refractivity contribution >= 4 is 38.5 Å². The number of hydrogen-bond acceptors (Lipinski definition) is 8. The SMILES string of the molecule is COc1cc(/C=C(/C#N)c2nc3ccccc3[nH]2)ccc1OS(=O)(=O)c1ccc(C)c([N+](=O)[O-])c1. The number of nitro groups is 1. The van der Waals surface area contributed by atoms with E-state index >= 15 is 0 Å². The molecule has 0 radical (unpaired) electrons. The smallest absolute Gasteiger partial charge is 0.339 e. The molecule has 0 amide bonds. The number of methoxy groups -OCH3 is 1. The molecule has 1 N–H and O–H groups in total. The summed E-state index contributed by atoms with van der Waals surface area (Å²) in [5, 5.41) is 20.8. The molecule has 0 spiro atoms. The van der Waals surface area contributed by atoms with Crippen LogP contribution in [0, 0.1) is 28.4 Å². The molecular weight excluding hydrogens is 472 g/mol. The van der Waals surface area contributed by atoms with E-state index in [0.29, 0.717) is 22.5 Å². The molecule has 0 fully saturated rings. The Bertz CT molecular complexity index is 1600. The Morgan fingerprint density at radius 2 is 1.91 bits per heavy atom. The van der Waals surface area contributed by atoms with Crippen molar-refractivity contribution in [2.45, 2.75) is 11.8 Å². The van der Waals surface area contributed by atoms with Gasteiger partial charge >= 0.3 is 10.1 Å². The van der Waals surface area contributed by atoms with E-state index < -0.39 is 15.0 Å². The quantitative estimate of drug-likeness (QED) is 0.171. The van der Waals surface area contributed by atoms with E-state index in [1.54, 1.807) is 12.1 Å². The largest absolute Gasteiger partial charge is 0.493 e. The van der Waals surface area contributed by atoms with Crippen LogP contribution in [0.3, 0.4) is 0 Å². The van der Waals surface area contributed by atoms with E-state index in [1.165, 1.54) is 38.3 Å². The minimum atomic E-state index is -4.38. The first kappa shape index (κ1) is 23.5. The van der Waals surface area contributed by atoms with Crippen molar-refractivity contribution in [1.29, 1.82) is 5.26 Å². The van der Waals surface area contributed by atoms with Crippen LogP contribution in [0.5, 0.6) is 11.5 Å². The minimum Gasteiger partial charge on any atom is -0.493 e. The number of nitrogens with one attached hydrogen (secondary N) is 1. The molecule has 1 heterocycles. The molecule has 0 aliphatic carbocycles. The lowest BCUT2D eigenvalue weighted by Gasteiger charge is -2.12. The van der Waals surface area contributed by atoms with Crippen LogP contribution in [-0.2, 0) is 10.1 Å². The molecule has 11 heteroatoms. The third-order valence-electron chi connectivity index (χ3n) is 5.13. The van der Waals surface area contributed by atoms with E-state index in [0.717, 1.165) is 11.6 Å². The first-order valence-corrected chi connectivity index (χ1v) is 11.6. The number of H-pyrrole nitrogens is 1. The van der Waals surface area contributed by atoms with Crippen LogP contribution in [0.4, 0.5) is 5.69 Å². The van der Waals surface area contributed by atoms with Gasteiger partial charge in [0.15, 0.2) is 11.5 Å². The summed E-state index contributed by atoms with van der Waals surface area (Å²) in [6.45, 7) is 1.51. The summed E-state index contributed by atoms with van der Waals surface area (Å²) < 4.78 is 36.0. The highest BCUT2D eigenvalue weighted by Gasteiger charge is 2.23. The molecule has 3 aromatic carbocycles. The first-order chi connectivity index (χ1) is 16.7. The summed E-state index contributed by atoms with van der Waals surface area (Å²) in [6.07, 6.45) is 1.57. The number of aromatic amines is 1. The zero-order chi connectivity index (χ0) is 25.2. The van der Waals surface area contributed by atoms with E-state index in [9.17, 15) is 23.8 Å². The second-order valence-corrected chi connectivity index (χ2v) is 8.97. The summed E-state index contributed by atoms with van der Waals surface area (Å²) in [6, 6.07) is 17.4. The molecule has 4 aromatic rings. The number of para-hydroxylation sites is 2. The average molecular weight is 490 g/mol. The topological polar surface area (TPSA) is 148 Å². The van der Waals surface area contributed by atoms with Crippen LogP contribution < -0.4 is 8.92 Å². The Morgan fingerprint density at radius 3 is 2.60 bits per heavy atom. The van der Waals surface area contributed by atoms with Gasteiger partial charge in [-0.15, -0.1) is 0 Å². The van der Waals surface area contributed by atoms with E-state index in [1.807, 2.05) is 24.3 Å². The van der Waals surface area contributed by atoms with Crippen LogP contribution >= 0.6 is 0 Å². The Kier molecular flexibility index (Phi) is 6.22. The Hall–Kier alpha value is -4.69. The average Bonchev–Trinajstić information content (AvgIpc) is 3.27. The predicted molar refractivity (Wildman–Crippen MR) is 128 cm³/mol. The number of nitro benzene ring substituents is 1.